The standard InChI is InChI=1S/C15H13ClN4O2S/c1-10-9-23-15(19-10)11(6-17)7-18-20-14(21)8-22-13-5-3-2-4-12(13)16/h2-5,7,9,18H,8H2,1H3,(H,20,21)/b11-7+. The number of nitriles is 1. The molecule has 0 atom stereocenters. The van der Waals surface area contributed by atoms with Gasteiger partial charge in [0.25, 0.3) is 5.91 Å². The van der Waals surface area contributed by atoms with Crippen molar-refractivity contribution in [2.45, 2.75) is 6.92 Å². The first-order valence-electron chi connectivity index (χ1n) is 6.54. The average molecular weight is 349 g/mol. The van der Waals surface area contributed by atoms with E-state index in [1.54, 1.807) is 24.3 Å². The molecule has 23 heavy (non-hydrogen) atoms. The number of carbonyl (C=O) groups excluding carboxylic acids is 1. The maximum absolute atomic E-state index is 11.7. The van der Waals surface area contributed by atoms with Gasteiger partial charge in [0.15, 0.2) is 6.61 Å². The van der Waals surface area contributed by atoms with Crippen LogP contribution in [-0.2, 0) is 4.79 Å². The Labute approximate surface area is 142 Å². The first kappa shape index (κ1) is 16.8. The summed E-state index contributed by atoms with van der Waals surface area (Å²) in [5.74, 6) is 0.0182. The fraction of sp³-hybridized carbons (Fsp3) is 0.133. The number of nitrogens with one attached hydrogen (secondary N) is 2. The Morgan fingerprint density at radius 2 is 2.30 bits per heavy atom. The quantitative estimate of drug-likeness (QED) is 0.619. The van der Waals surface area contributed by atoms with Gasteiger partial charge >= 0.3 is 0 Å². The van der Waals surface area contributed by atoms with Crippen molar-refractivity contribution in [2.75, 3.05) is 6.61 Å². The third-order valence-electron chi connectivity index (χ3n) is 2.59. The number of para-hydroxylation sites is 1. The minimum atomic E-state index is -0.409. The van der Waals surface area contributed by atoms with E-state index >= 15 is 0 Å². The number of nitrogens with zero attached hydrogens (tertiary/aromatic N) is 2. The lowest BCUT2D eigenvalue weighted by Gasteiger charge is -2.08. The first-order chi connectivity index (χ1) is 11.1. The molecule has 0 aliphatic rings. The van der Waals surface area contributed by atoms with Crippen molar-refractivity contribution in [1.82, 2.24) is 15.8 Å². The van der Waals surface area contributed by atoms with Crippen LogP contribution in [0.25, 0.3) is 5.57 Å². The summed E-state index contributed by atoms with van der Waals surface area (Å²) < 4.78 is 5.29. The van der Waals surface area contributed by atoms with Gasteiger partial charge in [-0.1, -0.05) is 23.7 Å². The number of hydrogen-bond donors (Lipinski definition) is 2. The van der Waals surface area contributed by atoms with Crippen molar-refractivity contribution in [2.24, 2.45) is 0 Å². The lowest BCUT2D eigenvalue weighted by atomic mass is 10.3. The second-order valence-corrected chi connectivity index (χ2v) is 5.64. The van der Waals surface area contributed by atoms with E-state index in [1.165, 1.54) is 17.5 Å². The van der Waals surface area contributed by atoms with Crippen LogP contribution in [0.5, 0.6) is 5.75 Å². The predicted molar refractivity (Wildman–Crippen MR) is 88.7 cm³/mol. The van der Waals surface area contributed by atoms with Crippen LogP contribution in [0.15, 0.2) is 35.8 Å². The zero-order valence-electron chi connectivity index (χ0n) is 12.2. The van der Waals surface area contributed by atoms with Gasteiger partial charge in [-0.15, -0.1) is 11.3 Å². The van der Waals surface area contributed by atoms with Crippen LogP contribution in [0.4, 0.5) is 0 Å². The number of rotatable bonds is 6. The molecule has 1 amide bonds. The predicted octanol–water partition coefficient (Wildman–Crippen LogP) is 2.67. The minimum absolute atomic E-state index is 0.206. The molecule has 1 heterocycles. The van der Waals surface area contributed by atoms with Gasteiger partial charge in [0.2, 0.25) is 0 Å². The Morgan fingerprint density at radius 1 is 1.52 bits per heavy atom. The van der Waals surface area contributed by atoms with Crippen molar-refractivity contribution in [1.29, 1.82) is 5.26 Å². The lowest BCUT2D eigenvalue weighted by molar-refractivity contribution is -0.123. The van der Waals surface area contributed by atoms with Gasteiger partial charge < -0.3 is 10.2 Å². The van der Waals surface area contributed by atoms with Gasteiger partial charge in [0.05, 0.1) is 5.02 Å². The number of hydrogen-bond acceptors (Lipinski definition) is 6. The number of hydrazine groups is 1. The van der Waals surface area contributed by atoms with Crippen LogP contribution in [-0.4, -0.2) is 17.5 Å². The van der Waals surface area contributed by atoms with Gasteiger partial charge in [0, 0.05) is 17.3 Å². The van der Waals surface area contributed by atoms with Gasteiger partial charge in [-0.3, -0.25) is 10.2 Å². The Bertz CT molecular complexity index is 767. The Kier molecular flexibility index (Phi) is 5.97. The van der Waals surface area contributed by atoms with E-state index in [-0.39, 0.29) is 6.61 Å². The van der Waals surface area contributed by atoms with Crippen molar-refractivity contribution >= 4 is 34.4 Å². The molecule has 2 aromatic rings. The molecule has 0 spiro atoms. The summed E-state index contributed by atoms with van der Waals surface area (Å²) in [6.07, 6.45) is 1.38. The molecule has 6 nitrogen and oxygen atoms in total. The number of thiazole rings is 1. The van der Waals surface area contributed by atoms with Crippen LogP contribution in [0.3, 0.4) is 0 Å². The molecule has 0 fully saturated rings. The highest BCUT2D eigenvalue weighted by molar-refractivity contribution is 7.10. The Morgan fingerprint density at radius 3 is 2.96 bits per heavy atom. The van der Waals surface area contributed by atoms with Crippen LogP contribution >= 0.6 is 22.9 Å². The normalized spacial score (nSPS) is 10.7. The van der Waals surface area contributed by atoms with E-state index in [0.29, 0.717) is 21.4 Å². The SMILES string of the molecule is Cc1csc(/C(C#N)=C/NNC(=O)COc2ccccc2Cl)n1. The summed E-state index contributed by atoms with van der Waals surface area (Å²) in [5, 5.41) is 11.9. The third kappa shape index (κ3) is 4.98. The summed E-state index contributed by atoms with van der Waals surface area (Å²) in [7, 11) is 0. The first-order valence-corrected chi connectivity index (χ1v) is 7.80. The minimum Gasteiger partial charge on any atom is -0.482 e. The fourth-order valence-electron chi connectivity index (χ4n) is 1.55. The summed E-state index contributed by atoms with van der Waals surface area (Å²) in [5.41, 5.74) is 6.14. The maximum atomic E-state index is 11.7. The molecule has 0 aliphatic heterocycles. The zero-order valence-corrected chi connectivity index (χ0v) is 13.7. The number of ether oxygens (including phenoxy) is 1. The molecular formula is C15H13ClN4O2S. The van der Waals surface area contributed by atoms with Crippen molar-refractivity contribution in [3.8, 4) is 11.8 Å². The van der Waals surface area contributed by atoms with E-state index in [1.807, 2.05) is 18.4 Å². The molecule has 0 unspecified atom stereocenters. The molecule has 0 saturated heterocycles. The molecule has 118 valence electrons. The number of benzene rings is 1. The largest absolute Gasteiger partial charge is 0.482 e. The molecule has 2 rings (SSSR count). The van der Waals surface area contributed by atoms with Crippen molar-refractivity contribution in [3.05, 3.63) is 51.6 Å². The molecule has 0 bridgehead atoms. The number of carbonyl (C=O) groups is 1. The van der Waals surface area contributed by atoms with E-state index in [4.69, 9.17) is 21.6 Å². The van der Waals surface area contributed by atoms with E-state index in [9.17, 15) is 4.79 Å². The van der Waals surface area contributed by atoms with Gasteiger partial charge in [0.1, 0.15) is 22.4 Å². The van der Waals surface area contributed by atoms with Crippen LogP contribution in [0.2, 0.25) is 5.02 Å². The summed E-state index contributed by atoms with van der Waals surface area (Å²) in [6.45, 7) is 1.64. The highest BCUT2D eigenvalue weighted by Crippen LogP contribution is 2.22. The highest BCUT2D eigenvalue weighted by Gasteiger charge is 2.07. The molecule has 8 heteroatoms. The van der Waals surface area contributed by atoms with E-state index in [0.717, 1.165) is 5.69 Å². The van der Waals surface area contributed by atoms with E-state index < -0.39 is 5.91 Å². The topological polar surface area (TPSA) is 87.0 Å². The third-order valence-corrected chi connectivity index (χ3v) is 3.90. The van der Waals surface area contributed by atoms with Crippen molar-refractivity contribution < 1.29 is 9.53 Å². The second-order valence-electron chi connectivity index (χ2n) is 4.38. The fourth-order valence-corrected chi connectivity index (χ4v) is 2.50. The molecule has 0 radical (unpaired) electrons. The molecule has 1 aromatic carbocycles. The number of halogens is 1. The van der Waals surface area contributed by atoms with Gasteiger partial charge in [-0.05, 0) is 19.1 Å². The molecule has 0 aliphatic carbocycles. The van der Waals surface area contributed by atoms with Gasteiger partial charge in [-0.2, -0.15) is 5.26 Å². The molecular weight excluding hydrogens is 336 g/mol. The van der Waals surface area contributed by atoms with Crippen LogP contribution in [0.1, 0.15) is 10.7 Å². The second kappa shape index (κ2) is 8.17. The monoisotopic (exact) mass is 348 g/mol. The lowest BCUT2D eigenvalue weighted by Crippen LogP contribution is -2.37. The summed E-state index contributed by atoms with van der Waals surface area (Å²) in [6, 6.07) is 8.89. The summed E-state index contributed by atoms with van der Waals surface area (Å²) in [4.78, 5) is 15.9. The van der Waals surface area contributed by atoms with Gasteiger partial charge in [-0.25, -0.2) is 4.98 Å². The Hall–Kier alpha value is -2.56. The smallest absolute Gasteiger partial charge is 0.276 e. The molecule has 1 aromatic heterocycles. The zero-order chi connectivity index (χ0) is 16.7. The number of aromatic nitrogens is 1. The molecule has 0 saturated carbocycles. The van der Waals surface area contributed by atoms with Crippen molar-refractivity contribution in [3.63, 3.8) is 0 Å². The number of aryl methyl sites for hydroxylation is 1. The van der Waals surface area contributed by atoms with Crippen LogP contribution < -0.4 is 15.6 Å². The average Bonchev–Trinajstić information content (AvgIpc) is 2.97. The number of amides is 1. The Balaban J connectivity index is 1.83. The maximum Gasteiger partial charge on any atom is 0.276 e. The van der Waals surface area contributed by atoms with Crippen LogP contribution in [0, 0.1) is 18.3 Å². The van der Waals surface area contributed by atoms with E-state index in [2.05, 4.69) is 15.8 Å². The number of allylic oxidation sites excluding steroid dienone is 1. The summed E-state index contributed by atoms with van der Waals surface area (Å²) >= 11 is 7.27. The highest BCUT2D eigenvalue weighted by atomic mass is 35.5. The molecule has 2 N–H and O–H groups in total.